The minimum Gasteiger partial charge on any atom is -0.493 e. The van der Waals surface area contributed by atoms with Crippen LogP contribution in [0.4, 0.5) is 0 Å². The van der Waals surface area contributed by atoms with Crippen molar-refractivity contribution in [3.63, 3.8) is 0 Å². The van der Waals surface area contributed by atoms with Crippen molar-refractivity contribution in [1.29, 1.82) is 0 Å². The van der Waals surface area contributed by atoms with Crippen LogP contribution in [0.5, 0.6) is 17.2 Å². The molecule has 2 aliphatic rings. The van der Waals surface area contributed by atoms with Crippen LogP contribution < -0.4 is 19.9 Å². The van der Waals surface area contributed by atoms with Crippen molar-refractivity contribution in [2.75, 3.05) is 27.0 Å². The first-order valence-corrected chi connectivity index (χ1v) is 7.69. The number of benzene rings is 1. The fraction of sp³-hybridized carbons (Fsp3) is 0.562. The lowest BCUT2D eigenvalue weighted by Gasteiger charge is -2.38. The summed E-state index contributed by atoms with van der Waals surface area (Å²) in [4.78, 5) is 13.3. The summed E-state index contributed by atoms with van der Waals surface area (Å²) in [5.74, 6) is 1.46. The summed E-state index contributed by atoms with van der Waals surface area (Å²) in [7, 11) is 1.59. The molecular weight excluding hydrogens is 300 g/mol. The molecule has 7 nitrogen and oxygen atoms in total. The van der Waals surface area contributed by atoms with E-state index in [4.69, 9.17) is 19.9 Å². The highest BCUT2D eigenvalue weighted by Crippen LogP contribution is 2.42. The lowest BCUT2D eigenvalue weighted by Crippen LogP contribution is -2.49. The smallest absolute Gasteiger partial charge is 0.231 e. The Labute approximate surface area is 134 Å². The molecule has 0 aromatic heterocycles. The molecule has 1 atom stereocenters. The number of β-amino-alcohol motifs (C(OH)–C–C–N with tert-alkyl or cyclic N) is 1. The largest absolute Gasteiger partial charge is 0.493 e. The van der Waals surface area contributed by atoms with E-state index >= 15 is 0 Å². The number of nitrogens with two attached hydrogens (primary N) is 1. The highest BCUT2D eigenvalue weighted by atomic mass is 16.7. The lowest BCUT2D eigenvalue weighted by atomic mass is 9.89. The number of likely N-dealkylation sites (tertiary alicyclic amines) is 1. The number of piperidine rings is 1. The molecule has 2 aliphatic heterocycles. The zero-order valence-corrected chi connectivity index (χ0v) is 13.2. The second kappa shape index (κ2) is 6.25. The van der Waals surface area contributed by atoms with Crippen molar-refractivity contribution in [3.05, 3.63) is 17.7 Å². The zero-order valence-electron chi connectivity index (χ0n) is 13.2. The van der Waals surface area contributed by atoms with Gasteiger partial charge in [0, 0.05) is 13.1 Å². The second-order valence-electron chi connectivity index (χ2n) is 6.21. The second-order valence-corrected chi connectivity index (χ2v) is 6.21. The SMILES string of the molecule is COc1cc(CN2CCCC(O)(CC(N)=O)C2)cc2c1OCO2. The van der Waals surface area contributed by atoms with E-state index in [-0.39, 0.29) is 13.2 Å². The van der Waals surface area contributed by atoms with Crippen LogP contribution >= 0.6 is 0 Å². The molecule has 1 aromatic rings. The maximum Gasteiger partial charge on any atom is 0.231 e. The molecule has 1 unspecified atom stereocenters. The average molecular weight is 322 g/mol. The first-order valence-electron chi connectivity index (χ1n) is 7.69. The van der Waals surface area contributed by atoms with E-state index in [1.165, 1.54) is 0 Å². The maximum absolute atomic E-state index is 11.1. The van der Waals surface area contributed by atoms with Crippen molar-refractivity contribution in [2.24, 2.45) is 5.73 Å². The first kappa shape index (κ1) is 15.9. The van der Waals surface area contributed by atoms with Gasteiger partial charge < -0.3 is 25.1 Å². The van der Waals surface area contributed by atoms with Gasteiger partial charge in [0.2, 0.25) is 18.4 Å². The molecule has 1 fully saturated rings. The standard InChI is InChI=1S/C16H22N2O5/c1-21-12-5-11(6-13-15(12)23-10-22-13)8-18-4-2-3-16(20,9-18)7-14(17)19/h5-6,20H,2-4,7-10H2,1H3,(H2,17,19). The van der Waals surface area contributed by atoms with E-state index in [2.05, 4.69) is 4.90 Å². The Hall–Kier alpha value is -1.99. The number of carbonyl (C=O) groups excluding carboxylic acids is 1. The van der Waals surface area contributed by atoms with Gasteiger partial charge in [-0.05, 0) is 37.1 Å². The number of primary amides is 1. The highest BCUT2D eigenvalue weighted by Gasteiger charge is 2.35. The number of ether oxygens (including phenoxy) is 3. The van der Waals surface area contributed by atoms with Crippen LogP contribution in [0.1, 0.15) is 24.8 Å². The topological polar surface area (TPSA) is 94.2 Å². The molecule has 0 saturated carbocycles. The number of carbonyl (C=O) groups is 1. The number of rotatable bonds is 5. The fourth-order valence-electron chi connectivity index (χ4n) is 3.34. The summed E-state index contributed by atoms with van der Waals surface area (Å²) >= 11 is 0. The van der Waals surface area contributed by atoms with Gasteiger partial charge >= 0.3 is 0 Å². The Morgan fingerprint density at radius 2 is 2.30 bits per heavy atom. The summed E-state index contributed by atoms with van der Waals surface area (Å²) < 4.78 is 16.2. The van der Waals surface area contributed by atoms with Gasteiger partial charge in [-0.3, -0.25) is 9.69 Å². The molecule has 2 heterocycles. The Morgan fingerprint density at radius 3 is 3.04 bits per heavy atom. The van der Waals surface area contributed by atoms with E-state index in [9.17, 15) is 9.90 Å². The molecule has 126 valence electrons. The molecule has 1 saturated heterocycles. The van der Waals surface area contributed by atoms with Gasteiger partial charge in [-0.1, -0.05) is 0 Å². The molecule has 7 heteroatoms. The predicted molar refractivity (Wildman–Crippen MR) is 82.4 cm³/mol. The molecular formula is C16H22N2O5. The van der Waals surface area contributed by atoms with E-state index in [1.54, 1.807) is 7.11 Å². The lowest BCUT2D eigenvalue weighted by molar-refractivity contribution is -0.125. The quantitative estimate of drug-likeness (QED) is 0.825. The van der Waals surface area contributed by atoms with Crippen molar-refractivity contribution in [1.82, 2.24) is 4.90 Å². The molecule has 1 amide bonds. The summed E-state index contributed by atoms with van der Waals surface area (Å²) in [6.45, 7) is 2.11. The van der Waals surface area contributed by atoms with E-state index in [0.29, 0.717) is 36.8 Å². The predicted octanol–water partition coefficient (Wildman–Crippen LogP) is 0.626. The van der Waals surface area contributed by atoms with Gasteiger partial charge in [0.05, 0.1) is 19.1 Å². The molecule has 0 radical (unpaired) electrons. The number of hydrogen-bond donors (Lipinski definition) is 2. The number of fused-ring (bicyclic) bond motifs is 1. The summed E-state index contributed by atoms with van der Waals surface area (Å²) in [5, 5.41) is 10.5. The van der Waals surface area contributed by atoms with Crippen molar-refractivity contribution >= 4 is 5.91 Å². The molecule has 0 aliphatic carbocycles. The van der Waals surface area contributed by atoms with Gasteiger partial charge in [-0.2, -0.15) is 0 Å². The third-order valence-corrected chi connectivity index (χ3v) is 4.26. The van der Waals surface area contributed by atoms with Crippen LogP contribution in [0.15, 0.2) is 12.1 Å². The minimum absolute atomic E-state index is 0.00599. The van der Waals surface area contributed by atoms with Crippen LogP contribution in [0.25, 0.3) is 0 Å². The summed E-state index contributed by atoms with van der Waals surface area (Å²) in [6, 6.07) is 3.84. The van der Waals surface area contributed by atoms with Gasteiger partial charge in [0.25, 0.3) is 0 Å². The third-order valence-electron chi connectivity index (χ3n) is 4.26. The zero-order chi connectivity index (χ0) is 16.4. The minimum atomic E-state index is -1.04. The van der Waals surface area contributed by atoms with E-state index in [1.807, 2.05) is 12.1 Å². The van der Waals surface area contributed by atoms with Gasteiger partial charge in [-0.25, -0.2) is 0 Å². The Morgan fingerprint density at radius 1 is 1.48 bits per heavy atom. The summed E-state index contributed by atoms with van der Waals surface area (Å²) in [6.07, 6.45) is 1.41. The van der Waals surface area contributed by atoms with Crippen molar-refractivity contribution in [2.45, 2.75) is 31.4 Å². The molecule has 3 rings (SSSR count). The number of hydrogen-bond acceptors (Lipinski definition) is 6. The highest BCUT2D eigenvalue weighted by molar-refractivity contribution is 5.75. The number of amides is 1. The number of methoxy groups -OCH3 is 1. The number of aliphatic hydroxyl groups is 1. The summed E-state index contributed by atoms with van der Waals surface area (Å²) in [5.41, 5.74) is 5.21. The normalized spacial score (nSPS) is 23.7. The van der Waals surface area contributed by atoms with Crippen LogP contribution in [0.3, 0.4) is 0 Å². The van der Waals surface area contributed by atoms with Crippen LogP contribution in [0.2, 0.25) is 0 Å². The fourth-order valence-corrected chi connectivity index (χ4v) is 3.34. The average Bonchev–Trinajstić information content (AvgIpc) is 2.93. The van der Waals surface area contributed by atoms with Crippen molar-refractivity contribution in [3.8, 4) is 17.2 Å². The molecule has 1 aromatic carbocycles. The monoisotopic (exact) mass is 322 g/mol. The van der Waals surface area contributed by atoms with Gasteiger partial charge in [0.1, 0.15) is 0 Å². The Balaban J connectivity index is 1.73. The first-order chi connectivity index (χ1) is 11.0. The van der Waals surface area contributed by atoms with Crippen LogP contribution in [-0.4, -0.2) is 48.5 Å². The van der Waals surface area contributed by atoms with Crippen molar-refractivity contribution < 1.29 is 24.1 Å². The number of nitrogens with zero attached hydrogens (tertiary/aromatic N) is 1. The van der Waals surface area contributed by atoms with Gasteiger partial charge in [0.15, 0.2) is 11.5 Å². The van der Waals surface area contributed by atoms with Crippen LogP contribution in [-0.2, 0) is 11.3 Å². The Kier molecular flexibility index (Phi) is 4.32. The molecule has 0 spiro atoms. The molecule has 23 heavy (non-hydrogen) atoms. The molecule has 3 N–H and O–H groups in total. The van der Waals surface area contributed by atoms with Gasteiger partial charge in [-0.15, -0.1) is 0 Å². The molecule has 0 bridgehead atoms. The van der Waals surface area contributed by atoms with Crippen LogP contribution in [0, 0.1) is 0 Å². The Bertz CT molecular complexity index is 606. The maximum atomic E-state index is 11.1. The van der Waals surface area contributed by atoms with E-state index in [0.717, 1.165) is 18.5 Å². The van der Waals surface area contributed by atoms with E-state index < -0.39 is 11.5 Å². The third kappa shape index (κ3) is 3.51.